The third-order valence-corrected chi connectivity index (χ3v) is 2.50. The Morgan fingerprint density at radius 1 is 1.53 bits per heavy atom. The fourth-order valence-electron chi connectivity index (χ4n) is 1.63. The maximum Gasteiger partial charge on any atom is 0.191 e. The van der Waals surface area contributed by atoms with Crippen LogP contribution in [0.1, 0.15) is 18.5 Å². The maximum absolute atomic E-state index is 4.75. The second-order valence-corrected chi connectivity index (χ2v) is 3.70. The normalized spacial score (nSPS) is 15.7. The van der Waals surface area contributed by atoms with E-state index in [9.17, 15) is 0 Å². The van der Waals surface area contributed by atoms with Gasteiger partial charge in [0.05, 0.1) is 6.54 Å². The largest absolute Gasteiger partial charge is 0.364 e. The molecule has 1 aliphatic rings. The van der Waals surface area contributed by atoms with E-state index in [2.05, 4.69) is 32.9 Å². The van der Waals surface area contributed by atoms with E-state index >= 15 is 0 Å². The smallest absolute Gasteiger partial charge is 0.191 e. The van der Waals surface area contributed by atoms with Gasteiger partial charge in [-0.15, -0.1) is 24.0 Å². The van der Waals surface area contributed by atoms with Gasteiger partial charge >= 0.3 is 0 Å². The molecule has 0 saturated carbocycles. The number of nitrogens with zero attached hydrogens (tertiary/aromatic N) is 2. The first-order chi connectivity index (χ1) is 7.88. The van der Waals surface area contributed by atoms with Crippen molar-refractivity contribution in [1.82, 2.24) is 15.8 Å². The molecule has 2 rings (SSSR count). The SMILES string of the molecule is CN=C(NCc1ccon1)NC1CC=CC1.I. The molecule has 17 heavy (non-hydrogen) atoms. The minimum Gasteiger partial charge on any atom is -0.364 e. The van der Waals surface area contributed by atoms with Crippen LogP contribution < -0.4 is 10.6 Å². The molecule has 0 aliphatic heterocycles. The molecule has 2 N–H and O–H groups in total. The highest BCUT2D eigenvalue weighted by molar-refractivity contribution is 14.0. The van der Waals surface area contributed by atoms with Gasteiger partial charge in [-0.3, -0.25) is 4.99 Å². The number of aromatic nitrogens is 1. The van der Waals surface area contributed by atoms with E-state index in [4.69, 9.17) is 4.52 Å². The van der Waals surface area contributed by atoms with Gasteiger partial charge in [0.15, 0.2) is 5.96 Å². The second kappa shape index (κ2) is 7.31. The maximum atomic E-state index is 4.75. The lowest BCUT2D eigenvalue weighted by atomic mass is 10.2. The van der Waals surface area contributed by atoms with Crippen molar-refractivity contribution in [2.24, 2.45) is 4.99 Å². The monoisotopic (exact) mass is 348 g/mol. The summed E-state index contributed by atoms with van der Waals surface area (Å²) in [5.41, 5.74) is 0.868. The van der Waals surface area contributed by atoms with E-state index < -0.39 is 0 Å². The number of aliphatic imine (C=N–C) groups is 1. The Hall–Kier alpha value is -1.05. The Bertz CT molecular complexity index is 367. The Morgan fingerprint density at radius 3 is 2.88 bits per heavy atom. The molecule has 0 unspecified atom stereocenters. The summed E-state index contributed by atoms with van der Waals surface area (Å²) in [5, 5.41) is 10.4. The topological polar surface area (TPSA) is 62.5 Å². The molecular formula is C11H17IN4O. The Balaban J connectivity index is 0.00000144. The average molecular weight is 348 g/mol. The number of guanidine groups is 1. The lowest BCUT2D eigenvalue weighted by molar-refractivity contribution is 0.410. The zero-order valence-corrected chi connectivity index (χ0v) is 12.0. The summed E-state index contributed by atoms with van der Waals surface area (Å²) in [6, 6.07) is 2.29. The molecule has 1 aliphatic carbocycles. The summed E-state index contributed by atoms with van der Waals surface area (Å²) in [6.45, 7) is 0.621. The van der Waals surface area contributed by atoms with Gasteiger partial charge < -0.3 is 15.2 Å². The fourth-order valence-corrected chi connectivity index (χ4v) is 1.63. The van der Waals surface area contributed by atoms with Crippen LogP contribution in [0.4, 0.5) is 0 Å². The van der Waals surface area contributed by atoms with Crippen molar-refractivity contribution in [2.75, 3.05) is 7.05 Å². The van der Waals surface area contributed by atoms with Gasteiger partial charge in [0.1, 0.15) is 12.0 Å². The van der Waals surface area contributed by atoms with Gasteiger partial charge in [0, 0.05) is 19.2 Å². The summed E-state index contributed by atoms with van der Waals surface area (Å²) in [6.07, 6.45) is 8.05. The first kappa shape index (κ1) is 14.0. The van der Waals surface area contributed by atoms with E-state index in [1.54, 1.807) is 13.3 Å². The minimum atomic E-state index is 0. The molecule has 0 aromatic carbocycles. The third kappa shape index (κ3) is 4.37. The van der Waals surface area contributed by atoms with Crippen molar-refractivity contribution in [3.63, 3.8) is 0 Å². The molecule has 0 atom stereocenters. The summed E-state index contributed by atoms with van der Waals surface area (Å²) in [7, 11) is 1.76. The first-order valence-electron chi connectivity index (χ1n) is 5.40. The molecule has 1 aromatic rings. The van der Waals surface area contributed by atoms with Crippen molar-refractivity contribution in [3.05, 3.63) is 30.2 Å². The molecule has 1 aromatic heterocycles. The molecule has 0 bridgehead atoms. The van der Waals surface area contributed by atoms with Gasteiger partial charge in [-0.2, -0.15) is 0 Å². The van der Waals surface area contributed by atoms with Crippen LogP contribution in [0.15, 0.2) is 34.0 Å². The molecule has 0 amide bonds. The van der Waals surface area contributed by atoms with Crippen molar-refractivity contribution in [1.29, 1.82) is 0 Å². The summed E-state index contributed by atoms with van der Waals surface area (Å²) in [4.78, 5) is 4.16. The molecule has 0 radical (unpaired) electrons. The van der Waals surface area contributed by atoms with Gasteiger partial charge in [-0.1, -0.05) is 17.3 Å². The van der Waals surface area contributed by atoms with Gasteiger partial charge in [0.25, 0.3) is 0 Å². The molecule has 5 nitrogen and oxygen atoms in total. The number of nitrogens with one attached hydrogen (secondary N) is 2. The van der Waals surface area contributed by atoms with Crippen LogP contribution in [0.25, 0.3) is 0 Å². The molecular weight excluding hydrogens is 331 g/mol. The van der Waals surface area contributed by atoms with Crippen LogP contribution in [0.2, 0.25) is 0 Å². The highest BCUT2D eigenvalue weighted by Crippen LogP contribution is 2.08. The summed E-state index contributed by atoms with van der Waals surface area (Å²) >= 11 is 0. The third-order valence-electron chi connectivity index (χ3n) is 2.50. The molecule has 0 saturated heterocycles. The van der Waals surface area contributed by atoms with Gasteiger partial charge in [-0.05, 0) is 12.8 Å². The Kier molecular flexibility index (Phi) is 6.03. The van der Waals surface area contributed by atoms with E-state index in [0.717, 1.165) is 24.5 Å². The van der Waals surface area contributed by atoms with Crippen LogP contribution in [-0.2, 0) is 6.54 Å². The van der Waals surface area contributed by atoms with Crippen LogP contribution in [0, 0.1) is 0 Å². The molecule has 0 spiro atoms. The zero-order valence-electron chi connectivity index (χ0n) is 9.72. The summed E-state index contributed by atoms with van der Waals surface area (Å²) in [5.74, 6) is 0.803. The average Bonchev–Trinajstić information content (AvgIpc) is 2.97. The molecule has 0 fully saturated rings. The number of hydrogen-bond acceptors (Lipinski definition) is 3. The zero-order chi connectivity index (χ0) is 11.2. The van der Waals surface area contributed by atoms with E-state index in [-0.39, 0.29) is 24.0 Å². The van der Waals surface area contributed by atoms with Crippen molar-refractivity contribution in [3.8, 4) is 0 Å². The van der Waals surface area contributed by atoms with Gasteiger partial charge in [0.2, 0.25) is 0 Å². The predicted molar refractivity (Wildman–Crippen MR) is 77.4 cm³/mol. The fraction of sp³-hybridized carbons (Fsp3) is 0.455. The number of rotatable bonds is 3. The van der Waals surface area contributed by atoms with Crippen LogP contribution in [-0.4, -0.2) is 24.2 Å². The van der Waals surface area contributed by atoms with E-state index in [1.807, 2.05) is 6.07 Å². The number of halogens is 1. The Labute approximate surface area is 118 Å². The van der Waals surface area contributed by atoms with Crippen LogP contribution in [0.5, 0.6) is 0 Å². The predicted octanol–water partition coefficient (Wildman–Crippen LogP) is 1.68. The van der Waals surface area contributed by atoms with Gasteiger partial charge in [-0.25, -0.2) is 0 Å². The first-order valence-corrected chi connectivity index (χ1v) is 5.40. The second-order valence-electron chi connectivity index (χ2n) is 3.70. The molecule has 1 heterocycles. The Morgan fingerprint density at radius 2 is 2.29 bits per heavy atom. The molecule has 6 heteroatoms. The summed E-state index contributed by atoms with van der Waals surface area (Å²) < 4.78 is 4.75. The van der Waals surface area contributed by atoms with E-state index in [1.165, 1.54) is 0 Å². The highest BCUT2D eigenvalue weighted by atomic mass is 127. The van der Waals surface area contributed by atoms with Crippen LogP contribution in [0.3, 0.4) is 0 Å². The minimum absolute atomic E-state index is 0. The van der Waals surface area contributed by atoms with Crippen molar-refractivity contribution >= 4 is 29.9 Å². The van der Waals surface area contributed by atoms with Crippen molar-refractivity contribution < 1.29 is 4.52 Å². The molecule has 94 valence electrons. The quantitative estimate of drug-likeness (QED) is 0.378. The lowest BCUT2D eigenvalue weighted by Gasteiger charge is -2.16. The lowest BCUT2D eigenvalue weighted by Crippen LogP contribution is -2.42. The van der Waals surface area contributed by atoms with Crippen LogP contribution >= 0.6 is 24.0 Å². The van der Waals surface area contributed by atoms with Crippen molar-refractivity contribution in [2.45, 2.75) is 25.4 Å². The standard InChI is InChI=1S/C11H16N4O.HI/c1-12-11(14-9-4-2-3-5-9)13-8-10-6-7-16-15-10;/h2-3,6-7,9H,4-5,8H2,1H3,(H2,12,13,14);1H. The van der Waals surface area contributed by atoms with E-state index in [0.29, 0.717) is 12.6 Å². The number of hydrogen-bond donors (Lipinski definition) is 2. The highest BCUT2D eigenvalue weighted by Gasteiger charge is 2.11.